The lowest BCUT2D eigenvalue weighted by Gasteiger charge is -2.11. The van der Waals surface area contributed by atoms with Crippen LogP contribution in [0.4, 0.5) is 0 Å². The summed E-state index contributed by atoms with van der Waals surface area (Å²) in [6.07, 6.45) is 1.68. The molecule has 0 saturated carbocycles. The Morgan fingerprint density at radius 1 is 1.35 bits per heavy atom. The van der Waals surface area contributed by atoms with Crippen molar-refractivity contribution in [2.75, 3.05) is 6.61 Å². The minimum absolute atomic E-state index is 0.224. The van der Waals surface area contributed by atoms with Gasteiger partial charge in [0.1, 0.15) is 6.61 Å². The fourth-order valence-corrected chi connectivity index (χ4v) is 1.90. The molecular weight excluding hydrogens is 214 g/mol. The van der Waals surface area contributed by atoms with Crippen LogP contribution >= 0.6 is 0 Å². The maximum absolute atomic E-state index is 11.3. The maximum Gasteiger partial charge on any atom is 0.249 e. The lowest BCUT2D eigenvalue weighted by atomic mass is 9.93. The Morgan fingerprint density at radius 2 is 2.06 bits per heavy atom. The molecule has 1 aromatic rings. The van der Waals surface area contributed by atoms with E-state index in [1.54, 1.807) is 6.07 Å². The highest BCUT2D eigenvalue weighted by Gasteiger charge is 2.13. The Balaban J connectivity index is 3.49. The molecule has 0 bridgehead atoms. The Hall–Kier alpha value is -1.79. The Kier molecular flexibility index (Phi) is 4.74. The lowest BCUT2D eigenvalue weighted by molar-refractivity contribution is 0.1000. The average molecular weight is 231 g/mol. The van der Waals surface area contributed by atoms with E-state index in [0.717, 1.165) is 18.4 Å². The summed E-state index contributed by atoms with van der Waals surface area (Å²) in [5.41, 5.74) is 8.64. The number of rotatable bonds is 3. The first-order valence-electron chi connectivity index (χ1n) is 5.69. The summed E-state index contributed by atoms with van der Waals surface area (Å²) >= 11 is 0. The highest BCUT2D eigenvalue weighted by Crippen LogP contribution is 2.20. The van der Waals surface area contributed by atoms with Gasteiger partial charge in [-0.1, -0.05) is 31.8 Å². The van der Waals surface area contributed by atoms with Gasteiger partial charge in [0.15, 0.2) is 0 Å². The molecule has 3 N–H and O–H groups in total. The standard InChI is InChI=1S/C14H17NO2/c1-3-10-7-8-13(14(15)17)12(6-5-9-16)11(10)4-2/h7-8,16H,3-4,9H2,1-2H3,(H2,15,17). The predicted molar refractivity (Wildman–Crippen MR) is 67.7 cm³/mol. The zero-order chi connectivity index (χ0) is 12.8. The van der Waals surface area contributed by atoms with Crippen molar-refractivity contribution < 1.29 is 9.90 Å². The van der Waals surface area contributed by atoms with Gasteiger partial charge in [0, 0.05) is 5.56 Å². The number of benzene rings is 1. The van der Waals surface area contributed by atoms with E-state index in [1.807, 2.05) is 13.0 Å². The topological polar surface area (TPSA) is 63.3 Å². The van der Waals surface area contributed by atoms with E-state index >= 15 is 0 Å². The fraction of sp³-hybridized carbons (Fsp3) is 0.357. The van der Waals surface area contributed by atoms with Crippen LogP contribution in [0.15, 0.2) is 12.1 Å². The number of aliphatic hydroxyl groups is 1. The molecule has 0 heterocycles. The Labute approximate surface area is 102 Å². The average Bonchev–Trinajstić information content (AvgIpc) is 2.34. The molecule has 0 fully saturated rings. The monoisotopic (exact) mass is 231 g/mol. The molecule has 1 amide bonds. The number of aliphatic hydroxyl groups excluding tert-OH is 1. The van der Waals surface area contributed by atoms with Crippen molar-refractivity contribution in [2.45, 2.75) is 26.7 Å². The predicted octanol–water partition coefficient (Wildman–Crippen LogP) is 1.25. The summed E-state index contributed by atoms with van der Waals surface area (Å²) < 4.78 is 0. The molecule has 0 atom stereocenters. The molecule has 3 nitrogen and oxygen atoms in total. The van der Waals surface area contributed by atoms with E-state index in [-0.39, 0.29) is 6.61 Å². The minimum Gasteiger partial charge on any atom is -0.384 e. The van der Waals surface area contributed by atoms with Gasteiger partial charge in [-0.2, -0.15) is 0 Å². The summed E-state index contributed by atoms with van der Waals surface area (Å²) in [5.74, 6) is 4.94. The van der Waals surface area contributed by atoms with Gasteiger partial charge in [-0.3, -0.25) is 4.79 Å². The normalized spacial score (nSPS) is 9.59. The third kappa shape index (κ3) is 2.86. The lowest BCUT2D eigenvalue weighted by Crippen LogP contribution is -2.15. The molecular formula is C14H17NO2. The van der Waals surface area contributed by atoms with E-state index in [0.29, 0.717) is 11.1 Å². The Bertz CT molecular complexity index is 481. The van der Waals surface area contributed by atoms with Crippen LogP contribution in [0.1, 0.15) is 40.9 Å². The second kappa shape index (κ2) is 6.07. The number of hydrogen-bond donors (Lipinski definition) is 2. The molecule has 0 spiro atoms. The first-order valence-corrected chi connectivity index (χ1v) is 5.69. The van der Waals surface area contributed by atoms with Gasteiger partial charge in [0.25, 0.3) is 0 Å². The largest absolute Gasteiger partial charge is 0.384 e. The summed E-state index contributed by atoms with van der Waals surface area (Å²) in [5, 5.41) is 8.76. The van der Waals surface area contributed by atoms with Gasteiger partial charge in [-0.05, 0) is 30.0 Å². The highest BCUT2D eigenvalue weighted by molar-refractivity contribution is 5.96. The summed E-state index contributed by atoms with van der Waals surface area (Å²) in [7, 11) is 0. The summed E-state index contributed by atoms with van der Waals surface area (Å²) in [6.45, 7) is 3.85. The van der Waals surface area contributed by atoms with Crippen LogP contribution < -0.4 is 5.73 Å². The van der Waals surface area contributed by atoms with Crippen LogP contribution in [0.25, 0.3) is 0 Å². The SMILES string of the molecule is CCc1ccc(C(N)=O)c(C#CCO)c1CC. The molecule has 0 aliphatic carbocycles. The fourth-order valence-electron chi connectivity index (χ4n) is 1.90. The number of hydrogen-bond acceptors (Lipinski definition) is 2. The molecule has 0 aliphatic rings. The van der Waals surface area contributed by atoms with Crippen molar-refractivity contribution in [1.29, 1.82) is 0 Å². The van der Waals surface area contributed by atoms with Gasteiger partial charge >= 0.3 is 0 Å². The van der Waals surface area contributed by atoms with Crippen molar-refractivity contribution in [2.24, 2.45) is 5.73 Å². The van der Waals surface area contributed by atoms with Crippen LogP contribution in [0.2, 0.25) is 0 Å². The van der Waals surface area contributed by atoms with Crippen molar-refractivity contribution >= 4 is 5.91 Å². The van der Waals surface area contributed by atoms with E-state index in [1.165, 1.54) is 5.56 Å². The molecule has 1 aromatic carbocycles. The van der Waals surface area contributed by atoms with Crippen LogP contribution in [0.3, 0.4) is 0 Å². The number of aryl methyl sites for hydroxylation is 1. The number of nitrogens with two attached hydrogens (primary N) is 1. The third-order valence-corrected chi connectivity index (χ3v) is 2.70. The number of amides is 1. The van der Waals surface area contributed by atoms with Crippen molar-refractivity contribution in [3.05, 3.63) is 34.4 Å². The van der Waals surface area contributed by atoms with E-state index in [9.17, 15) is 4.79 Å². The van der Waals surface area contributed by atoms with Crippen LogP contribution in [-0.4, -0.2) is 17.6 Å². The molecule has 90 valence electrons. The van der Waals surface area contributed by atoms with Gasteiger partial charge in [0.2, 0.25) is 5.91 Å². The summed E-state index contributed by atoms with van der Waals surface area (Å²) in [4.78, 5) is 11.3. The minimum atomic E-state index is -0.482. The molecule has 0 aromatic heterocycles. The van der Waals surface area contributed by atoms with Crippen molar-refractivity contribution in [3.8, 4) is 11.8 Å². The molecule has 0 radical (unpaired) electrons. The van der Waals surface area contributed by atoms with Gasteiger partial charge < -0.3 is 10.8 Å². The molecule has 1 rings (SSSR count). The van der Waals surface area contributed by atoms with E-state index in [2.05, 4.69) is 18.8 Å². The molecule has 0 aliphatic heterocycles. The van der Waals surface area contributed by atoms with E-state index < -0.39 is 5.91 Å². The smallest absolute Gasteiger partial charge is 0.249 e. The first-order chi connectivity index (χ1) is 8.15. The molecule has 17 heavy (non-hydrogen) atoms. The van der Waals surface area contributed by atoms with Crippen molar-refractivity contribution in [3.63, 3.8) is 0 Å². The van der Waals surface area contributed by atoms with Gasteiger partial charge in [-0.15, -0.1) is 0 Å². The quantitative estimate of drug-likeness (QED) is 0.769. The first kappa shape index (κ1) is 13.3. The van der Waals surface area contributed by atoms with Crippen molar-refractivity contribution in [1.82, 2.24) is 0 Å². The Morgan fingerprint density at radius 3 is 2.53 bits per heavy atom. The van der Waals surface area contributed by atoms with Crippen LogP contribution in [-0.2, 0) is 12.8 Å². The zero-order valence-corrected chi connectivity index (χ0v) is 10.2. The second-order valence-corrected chi connectivity index (χ2v) is 3.66. The molecule has 0 unspecified atom stereocenters. The third-order valence-electron chi connectivity index (χ3n) is 2.70. The molecule has 0 saturated heterocycles. The van der Waals surface area contributed by atoms with Crippen LogP contribution in [0, 0.1) is 11.8 Å². The van der Waals surface area contributed by atoms with Crippen LogP contribution in [0.5, 0.6) is 0 Å². The second-order valence-electron chi connectivity index (χ2n) is 3.66. The van der Waals surface area contributed by atoms with E-state index in [4.69, 9.17) is 10.8 Å². The zero-order valence-electron chi connectivity index (χ0n) is 10.2. The molecule has 3 heteroatoms. The summed E-state index contributed by atoms with van der Waals surface area (Å²) in [6, 6.07) is 3.63. The highest BCUT2D eigenvalue weighted by atomic mass is 16.2. The number of carbonyl (C=O) groups excluding carboxylic acids is 1. The van der Waals surface area contributed by atoms with Gasteiger partial charge in [0.05, 0.1) is 5.56 Å². The van der Waals surface area contributed by atoms with Gasteiger partial charge in [-0.25, -0.2) is 0 Å². The number of primary amides is 1. The number of carbonyl (C=O) groups is 1. The maximum atomic E-state index is 11.3.